The van der Waals surface area contributed by atoms with Gasteiger partial charge >= 0.3 is 5.69 Å². The Labute approximate surface area is 126 Å². The zero-order valence-corrected chi connectivity index (χ0v) is 12.7. The largest absolute Gasteiger partial charge is 0.493 e. The van der Waals surface area contributed by atoms with Gasteiger partial charge in [-0.2, -0.15) is 0 Å². The summed E-state index contributed by atoms with van der Waals surface area (Å²) in [4.78, 5) is 11.5. The standard InChI is InChI=1S/C13H16ClN3O2S/c1-2-6-17-12(18)15-16-13(17)20-8-7-19-11-5-3-4-10(14)9-11/h3-5,9H,2,6-8H2,1H3,(H,15,18). The van der Waals surface area contributed by atoms with Crippen LogP contribution in [0.25, 0.3) is 0 Å². The molecule has 0 aliphatic carbocycles. The van der Waals surface area contributed by atoms with Gasteiger partial charge in [0.2, 0.25) is 0 Å². The van der Waals surface area contributed by atoms with Crippen LogP contribution in [0.4, 0.5) is 0 Å². The number of hydrogen-bond donors (Lipinski definition) is 1. The Kier molecular flexibility index (Phi) is 5.55. The molecular weight excluding hydrogens is 298 g/mol. The third kappa shape index (κ3) is 4.05. The molecule has 1 aromatic carbocycles. The summed E-state index contributed by atoms with van der Waals surface area (Å²) >= 11 is 7.37. The highest BCUT2D eigenvalue weighted by atomic mass is 35.5. The lowest BCUT2D eigenvalue weighted by molar-refractivity contribution is 0.344. The van der Waals surface area contributed by atoms with Gasteiger partial charge in [-0.05, 0) is 24.6 Å². The Morgan fingerprint density at radius 3 is 3.10 bits per heavy atom. The van der Waals surface area contributed by atoms with Crippen molar-refractivity contribution in [1.29, 1.82) is 0 Å². The molecule has 0 spiro atoms. The molecule has 20 heavy (non-hydrogen) atoms. The molecule has 0 bridgehead atoms. The van der Waals surface area contributed by atoms with Gasteiger partial charge in [0.15, 0.2) is 5.16 Å². The van der Waals surface area contributed by atoms with Gasteiger partial charge < -0.3 is 4.74 Å². The summed E-state index contributed by atoms with van der Waals surface area (Å²) in [5.74, 6) is 1.45. The average Bonchev–Trinajstić information content (AvgIpc) is 2.77. The maximum Gasteiger partial charge on any atom is 0.343 e. The van der Waals surface area contributed by atoms with Gasteiger partial charge in [0, 0.05) is 17.3 Å². The van der Waals surface area contributed by atoms with Crippen molar-refractivity contribution in [3.8, 4) is 5.75 Å². The highest BCUT2D eigenvalue weighted by Crippen LogP contribution is 2.18. The predicted molar refractivity (Wildman–Crippen MR) is 80.8 cm³/mol. The minimum atomic E-state index is -0.162. The van der Waals surface area contributed by atoms with Crippen LogP contribution in [0.3, 0.4) is 0 Å². The van der Waals surface area contributed by atoms with Crippen LogP contribution >= 0.6 is 23.4 Å². The number of thioether (sulfide) groups is 1. The van der Waals surface area contributed by atoms with E-state index in [1.165, 1.54) is 11.8 Å². The van der Waals surface area contributed by atoms with Crippen molar-refractivity contribution in [2.24, 2.45) is 0 Å². The maximum absolute atomic E-state index is 11.5. The second kappa shape index (κ2) is 7.40. The quantitative estimate of drug-likeness (QED) is 0.631. The Morgan fingerprint density at radius 2 is 2.35 bits per heavy atom. The second-order valence-electron chi connectivity index (χ2n) is 4.12. The first-order valence-electron chi connectivity index (χ1n) is 6.37. The second-order valence-corrected chi connectivity index (χ2v) is 5.62. The zero-order valence-electron chi connectivity index (χ0n) is 11.1. The van der Waals surface area contributed by atoms with E-state index in [0.29, 0.717) is 29.1 Å². The summed E-state index contributed by atoms with van der Waals surface area (Å²) in [6, 6.07) is 7.28. The maximum atomic E-state index is 11.5. The molecule has 1 N–H and O–H groups in total. The van der Waals surface area contributed by atoms with E-state index in [9.17, 15) is 4.79 Å². The van der Waals surface area contributed by atoms with Crippen molar-refractivity contribution < 1.29 is 4.74 Å². The monoisotopic (exact) mass is 313 g/mol. The number of rotatable bonds is 7. The molecule has 2 rings (SSSR count). The molecular formula is C13H16ClN3O2S. The molecule has 1 heterocycles. The van der Waals surface area contributed by atoms with Crippen LogP contribution in [0.5, 0.6) is 5.75 Å². The first-order valence-corrected chi connectivity index (χ1v) is 7.73. The van der Waals surface area contributed by atoms with E-state index >= 15 is 0 Å². The fourth-order valence-corrected chi connectivity index (χ4v) is 2.65. The number of aromatic nitrogens is 3. The Bertz CT molecular complexity index is 612. The van der Waals surface area contributed by atoms with E-state index in [0.717, 1.165) is 12.2 Å². The molecule has 0 aliphatic heterocycles. The number of ether oxygens (including phenoxy) is 1. The van der Waals surface area contributed by atoms with E-state index < -0.39 is 0 Å². The molecule has 2 aromatic rings. The average molecular weight is 314 g/mol. The zero-order chi connectivity index (χ0) is 14.4. The van der Waals surface area contributed by atoms with Crippen molar-refractivity contribution in [1.82, 2.24) is 14.8 Å². The number of halogens is 1. The molecule has 5 nitrogen and oxygen atoms in total. The number of H-pyrrole nitrogens is 1. The van der Waals surface area contributed by atoms with Gasteiger partial charge in [-0.25, -0.2) is 9.89 Å². The number of hydrogen-bond acceptors (Lipinski definition) is 4. The lowest BCUT2D eigenvalue weighted by Crippen LogP contribution is -2.17. The van der Waals surface area contributed by atoms with Crippen LogP contribution in [0.2, 0.25) is 5.02 Å². The van der Waals surface area contributed by atoms with E-state index in [1.54, 1.807) is 16.7 Å². The topological polar surface area (TPSA) is 59.9 Å². The van der Waals surface area contributed by atoms with Crippen LogP contribution < -0.4 is 10.4 Å². The Balaban J connectivity index is 1.83. The van der Waals surface area contributed by atoms with E-state index in [4.69, 9.17) is 16.3 Å². The number of nitrogens with one attached hydrogen (secondary N) is 1. The van der Waals surface area contributed by atoms with Gasteiger partial charge in [0.1, 0.15) is 5.75 Å². The minimum Gasteiger partial charge on any atom is -0.493 e. The van der Waals surface area contributed by atoms with Crippen molar-refractivity contribution >= 4 is 23.4 Å². The Hall–Kier alpha value is -1.40. The van der Waals surface area contributed by atoms with Gasteiger partial charge in [0.25, 0.3) is 0 Å². The van der Waals surface area contributed by atoms with Gasteiger partial charge in [-0.3, -0.25) is 4.57 Å². The fourth-order valence-electron chi connectivity index (χ4n) is 1.68. The third-order valence-corrected chi connectivity index (χ3v) is 3.73. The smallest absolute Gasteiger partial charge is 0.343 e. The molecule has 0 saturated heterocycles. The Morgan fingerprint density at radius 1 is 1.50 bits per heavy atom. The van der Waals surface area contributed by atoms with Gasteiger partial charge in [-0.15, -0.1) is 5.10 Å². The molecule has 108 valence electrons. The highest BCUT2D eigenvalue weighted by Gasteiger charge is 2.07. The predicted octanol–water partition coefficient (Wildman–Crippen LogP) is 2.81. The molecule has 0 saturated carbocycles. The van der Waals surface area contributed by atoms with Crippen LogP contribution in [-0.4, -0.2) is 27.1 Å². The van der Waals surface area contributed by atoms with Gasteiger partial charge in [-0.1, -0.05) is 36.4 Å². The third-order valence-electron chi connectivity index (χ3n) is 2.55. The number of aromatic amines is 1. The van der Waals surface area contributed by atoms with E-state index in [-0.39, 0.29) is 5.69 Å². The molecule has 0 radical (unpaired) electrons. The summed E-state index contributed by atoms with van der Waals surface area (Å²) in [7, 11) is 0. The van der Waals surface area contributed by atoms with E-state index in [2.05, 4.69) is 10.2 Å². The highest BCUT2D eigenvalue weighted by molar-refractivity contribution is 7.99. The SMILES string of the molecule is CCCn1c(SCCOc2cccc(Cl)c2)n[nH]c1=O. The summed E-state index contributed by atoms with van der Waals surface area (Å²) in [5.41, 5.74) is -0.162. The number of nitrogens with zero attached hydrogens (tertiary/aromatic N) is 2. The summed E-state index contributed by atoms with van der Waals surface area (Å²) < 4.78 is 7.23. The van der Waals surface area contributed by atoms with Gasteiger partial charge in [0.05, 0.1) is 6.61 Å². The summed E-state index contributed by atoms with van der Waals surface area (Å²) in [6.45, 7) is 3.22. The molecule has 0 aliphatic rings. The van der Waals surface area contributed by atoms with Crippen molar-refractivity contribution in [3.05, 3.63) is 39.8 Å². The van der Waals surface area contributed by atoms with Crippen molar-refractivity contribution in [3.63, 3.8) is 0 Å². The van der Waals surface area contributed by atoms with Crippen LogP contribution in [0, 0.1) is 0 Å². The van der Waals surface area contributed by atoms with Crippen LogP contribution in [0.15, 0.2) is 34.2 Å². The normalized spacial score (nSPS) is 10.7. The lowest BCUT2D eigenvalue weighted by Gasteiger charge is -2.06. The van der Waals surface area contributed by atoms with Crippen LogP contribution in [0.1, 0.15) is 13.3 Å². The number of benzene rings is 1. The first-order chi connectivity index (χ1) is 9.70. The van der Waals surface area contributed by atoms with Crippen molar-refractivity contribution in [2.75, 3.05) is 12.4 Å². The lowest BCUT2D eigenvalue weighted by atomic mass is 10.3. The first kappa shape index (κ1) is 15.0. The molecule has 0 fully saturated rings. The minimum absolute atomic E-state index is 0.162. The summed E-state index contributed by atoms with van der Waals surface area (Å²) in [5, 5.41) is 7.82. The van der Waals surface area contributed by atoms with Crippen LogP contribution in [-0.2, 0) is 6.54 Å². The summed E-state index contributed by atoms with van der Waals surface area (Å²) in [6.07, 6.45) is 0.895. The fraction of sp³-hybridized carbons (Fsp3) is 0.385. The van der Waals surface area contributed by atoms with Crippen molar-refractivity contribution in [2.45, 2.75) is 25.0 Å². The molecule has 1 aromatic heterocycles. The molecule has 7 heteroatoms. The molecule has 0 atom stereocenters. The molecule has 0 amide bonds. The van der Waals surface area contributed by atoms with E-state index in [1.807, 2.05) is 19.1 Å². The molecule has 0 unspecified atom stereocenters.